The first-order chi connectivity index (χ1) is 11.4. The molecule has 1 aromatic heterocycles. The third kappa shape index (κ3) is 3.51. The zero-order valence-electron chi connectivity index (χ0n) is 13.7. The number of carbonyl (C=O) groups excluding carboxylic acids is 1. The quantitative estimate of drug-likeness (QED) is 0.846. The van der Waals surface area contributed by atoms with Gasteiger partial charge in [-0.3, -0.25) is 4.79 Å². The summed E-state index contributed by atoms with van der Waals surface area (Å²) in [5.41, 5.74) is 2.16. The van der Waals surface area contributed by atoms with Crippen LogP contribution >= 0.6 is 0 Å². The van der Waals surface area contributed by atoms with E-state index in [-0.39, 0.29) is 29.0 Å². The molecule has 0 aliphatic carbocycles. The van der Waals surface area contributed by atoms with Gasteiger partial charge in [-0.15, -0.1) is 0 Å². The lowest BCUT2D eigenvalue weighted by Crippen LogP contribution is -2.32. The molecule has 24 heavy (non-hydrogen) atoms. The second kappa shape index (κ2) is 6.39. The Labute approximate surface area is 141 Å². The third-order valence-corrected chi connectivity index (χ3v) is 6.13. The van der Waals surface area contributed by atoms with Gasteiger partial charge in [-0.05, 0) is 19.3 Å². The number of aromatic nitrogens is 1. The van der Waals surface area contributed by atoms with E-state index in [1.165, 1.54) is 11.3 Å². The molecular formula is C17H20N2O4S. The minimum atomic E-state index is -2.95. The average molecular weight is 348 g/mol. The predicted molar refractivity (Wildman–Crippen MR) is 90.4 cm³/mol. The molecule has 7 heteroatoms. The molecule has 0 radical (unpaired) electrons. The first-order valence-corrected chi connectivity index (χ1v) is 9.64. The Morgan fingerprint density at radius 3 is 2.67 bits per heavy atom. The standard InChI is InChI=1S/C17H20N2O4S/c1-12-3-5-14(6-4-12)16-15(18-11-23-16)17(20)19(2)9-13-7-8-24(21,22)10-13/h3-6,11,13H,7-10H2,1-2H3. The SMILES string of the molecule is Cc1ccc(-c2ocnc2C(=O)N(C)CC2CCS(=O)(=O)C2)cc1. The molecular weight excluding hydrogens is 328 g/mol. The molecule has 0 bridgehead atoms. The fourth-order valence-corrected chi connectivity index (χ4v) is 4.82. The highest BCUT2D eigenvalue weighted by atomic mass is 32.2. The van der Waals surface area contributed by atoms with Crippen molar-refractivity contribution in [3.05, 3.63) is 41.9 Å². The molecule has 1 aliphatic rings. The van der Waals surface area contributed by atoms with E-state index in [1.807, 2.05) is 31.2 Å². The first-order valence-electron chi connectivity index (χ1n) is 7.82. The van der Waals surface area contributed by atoms with E-state index in [9.17, 15) is 13.2 Å². The van der Waals surface area contributed by atoms with E-state index in [2.05, 4.69) is 4.98 Å². The summed E-state index contributed by atoms with van der Waals surface area (Å²) >= 11 is 0. The number of amides is 1. The van der Waals surface area contributed by atoms with Gasteiger partial charge < -0.3 is 9.32 Å². The van der Waals surface area contributed by atoms with Gasteiger partial charge in [0.1, 0.15) is 0 Å². The van der Waals surface area contributed by atoms with Crippen molar-refractivity contribution in [3.63, 3.8) is 0 Å². The Balaban J connectivity index is 1.76. The zero-order chi connectivity index (χ0) is 17.3. The van der Waals surface area contributed by atoms with Crippen molar-refractivity contribution in [2.24, 2.45) is 5.92 Å². The van der Waals surface area contributed by atoms with Crippen molar-refractivity contribution in [1.82, 2.24) is 9.88 Å². The van der Waals surface area contributed by atoms with Crippen molar-refractivity contribution >= 4 is 15.7 Å². The molecule has 1 saturated heterocycles. The molecule has 1 atom stereocenters. The maximum absolute atomic E-state index is 12.7. The summed E-state index contributed by atoms with van der Waals surface area (Å²) in [6.45, 7) is 2.39. The molecule has 1 aliphatic heterocycles. The first kappa shape index (κ1) is 16.7. The van der Waals surface area contributed by atoms with Gasteiger partial charge in [-0.25, -0.2) is 13.4 Å². The largest absolute Gasteiger partial charge is 0.443 e. The number of oxazole rings is 1. The van der Waals surface area contributed by atoms with E-state index >= 15 is 0 Å². The van der Waals surface area contributed by atoms with Crippen LogP contribution in [0.1, 0.15) is 22.5 Å². The van der Waals surface area contributed by atoms with Gasteiger partial charge in [-0.1, -0.05) is 29.8 Å². The van der Waals surface area contributed by atoms with Crippen molar-refractivity contribution in [2.45, 2.75) is 13.3 Å². The van der Waals surface area contributed by atoms with Crippen LogP contribution in [0, 0.1) is 12.8 Å². The molecule has 1 aromatic carbocycles. The normalized spacial score (nSPS) is 19.3. The Morgan fingerprint density at radius 2 is 2.04 bits per heavy atom. The molecule has 6 nitrogen and oxygen atoms in total. The second-order valence-corrected chi connectivity index (χ2v) is 8.58. The van der Waals surface area contributed by atoms with Crippen LogP contribution in [0.5, 0.6) is 0 Å². The van der Waals surface area contributed by atoms with Gasteiger partial charge in [0, 0.05) is 19.2 Å². The molecule has 128 valence electrons. The summed E-state index contributed by atoms with van der Waals surface area (Å²) < 4.78 is 28.5. The number of rotatable bonds is 4. The molecule has 1 amide bonds. The van der Waals surface area contributed by atoms with Crippen LogP contribution in [0.4, 0.5) is 0 Å². The van der Waals surface area contributed by atoms with Crippen molar-refractivity contribution in [1.29, 1.82) is 0 Å². The Hall–Kier alpha value is -2.15. The summed E-state index contributed by atoms with van der Waals surface area (Å²) in [5.74, 6) is 0.514. The minimum Gasteiger partial charge on any atom is -0.443 e. The van der Waals surface area contributed by atoms with Crippen LogP contribution in [-0.4, -0.2) is 49.3 Å². The molecule has 2 aromatic rings. The molecule has 0 N–H and O–H groups in total. The molecule has 3 rings (SSSR count). The number of hydrogen-bond acceptors (Lipinski definition) is 5. The van der Waals surface area contributed by atoms with Gasteiger partial charge in [0.2, 0.25) is 0 Å². The van der Waals surface area contributed by atoms with E-state index in [4.69, 9.17) is 4.42 Å². The fraction of sp³-hybridized carbons (Fsp3) is 0.412. The number of nitrogens with zero attached hydrogens (tertiary/aromatic N) is 2. The van der Waals surface area contributed by atoms with Gasteiger partial charge in [0.15, 0.2) is 27.7 Å². The lowest BCUT2D eigenvalue weighted by atomic mass is 10.1. The number of hydrogen-bond donors (Lipinski definition) is 0. The fourth-order valence-electron chi connectivity index (χ4n) is 2.98. The second-order valence-electron chi connectivity index (χ2n) is 6.35. The zero-order valence-corrected chi connectivity index (χ0v) is 14.5. The number of carbonyl (C=O) groups is 1. The summed E-state index contributed by atoms with van der Waals surface area (Å²) in [5, 5.41) is 0. The smallest absolute Gasteiger partial charge is 0.276 e. The maximum atomic E-state index is 12.7. The van der Waals surface area contributed by atoms with Crippen molar-refractivity contribution < 1.29 is 17.6 Å². The van der Waals surface area contributed by atoms with Gasteiger partial charge >= 0.3 is 0 Å². The molecule has 0 spiro atoms. The van der Waals surface area contributed by atoms with Crippen LogP contribution < -0.4 is 0 Å². The van der Waals surface area contributed by atoms with Crippen LogP contribution in [0.2, 0.25) is 0 Å². The van der Waals surface area contributed by atoms with Crippen LogP contribution in [-0.2, 0) is 9.84 Å². The monoisotopic (exact) mass is 348 g/mol. The Morgan fingerprint density at radius 1 is 1.33 bits per heavy atom. The Bertz CT molecular complexity index is 840. The van der Waals surface area contributed by atoms with Crippen LogP contribution in [0.3, 0.4) is 0 Å². The molecule has 1 unspecified atom stereocenters. The number of aryl methyl sites for hydroxylation is 1. The van der Waals surface area contributed by atoms with Crippen molar-refractivity contribution in [2.75, 3.05) is 25.1 Å². The maximum Gasteiger partial charge on any atom is 0.276 e. The summed E-state index contributed by atoms with van der Waals surface area (Å²) in [4.78, 5) is 18.3. The Kier molecular flexibility index (Phi) is 4.45. The van der Waals surface area contributed by atoms with Gasteiger partial charge in [0.25, 0.3) is 5.91 Å². The number of benzene rings is 1. The van der Waals surface area contributed by atoms with E-state index in [1.54, 1.807) is 7.05 Å². The van der Waals surface area contributed by atoms with Crippen LogP contribution in [0.15, 0.2) is 35.1 Å². The van der Waals surface area contributed by atoms with Crippen molar-refractivity contribution in [3.8, 4) is 11.3 Å². The lowest BCUT2D eigenvalue weighted by molar-refractivity contribution is 0.0772. The highest BCUT2D eigenvalue weighted by Gasteiger charge is 2.30. The molecule has 2 heterocycles. The third-order valence-electron chi connectivity index (χ3n) is 4.29. The lowest BCUT2D eigenvalue weighted by Gasteiger charge is -2.19. The summed E-state index contributed by atoms with van der Waals surface area (Å²) in [6, 6.07) is 7.66. The van der Waals surface area contributed by atoms with Gasteiger partial charge in [-0.2, -0.15) is 0 Å². The summed E-state index contributed by atoms with van der Waals surface area (Å²) in [6.07, 6.45) is 1.86. The van der Waals surface area contributed by atoms with E-state index < -0.39 is 9.84 Å². The molecule has 0 saturated carbocycles. The van der Waals surface area contributed by atoms with E-state index in [0.29, 0.717) is 18.7 Å². The molecule has 1 fully saturated rings. The summed E-state index contributed by atoms with van der Waals surface area (Å²) in [7, 11) is -1.28. The highest BCUT2D eigenvalue weighted by molar-refractivity contribution is 7.91. The van der Waals surface area contributed by atoms with Gasteiger partial charge in [0.05, 0.1) is 11.5 Å². The van der Waals surface area contributed by atoms with E-state index in [0.717, 1.165) is 11.1 Å². The topological polar surface area (TPSA) is 80.5 Å². The highest BCUT2D eigenvalue weighted by Crippen LogP contribution is 2.25. The number of sulfone groups is 1. The van der Waals surface area contributed by atoms with Crippen LogP contribution in [0.25, 0.3) is 11.3 Å². The average Bonchev–Trinajstić information content (AvgIpc) is 3.14. The minimum absolute atomic E-state index is 0.0151. The predicted octanol–water partition coefficient (Wildman–Crippen LogP) is 2.16.